The Kier molecular flexibility index (Phi) is 3.13. The Morgan fingerprint density at radius 3 is 2.59 bits per heavy atom. The molecule has 0 unspecified atom stereocenters. The molecule has 0 aromatic carbocycles. The Hall–Kier alpha value is -1.45. The number of anilines is 1. The molecule has 0 bridgehead atoms. The van der Waals surface area contributed by atoms with Crippen molar-refractivity contribution >= 4 is 11.9 Å². The summed E-state index contributed by atoms with van der Waals surface area (Å²) in [5, 5.41) is 8.81. The molecule has 2 heterocycles. The van der Waals surface area contributed by atoms with Crippen LogP contribution in [0.15, 0.2) is 16.5 Å². The molecule has 0 saturated carbocycles. The van der Waals surface area contributed by atoms with E-state index in [2.05, 4.69) is 18.7 Å². The highest BCUT2D eigenvalue weighted by atomic mass is 16.4. The molecular formula is C13H19NO3. The van der Waals surface area contributed by atoms with E-state index in [0.29, 0.717) is 11.3 Å². The molecule has 2 rings (SSSR count). The second kappa shape index (κ2) is 4.43. The largest absolute Gasteiger partial charge is 0.475 e. The molecule has 1 N–H and O–H groups in total. The zero-order valence-electron chi connectivity index (χ0n) is 10.4. The average Bonchev–Trinajstić information content (AvgIpc) is 2.79. The number of hydrogen-bond donors (Lipinski definition) is 1. The van der Waals surface area contributed by atoms with Gasteiger partial charge in [-0.2, -0.15) is 0 Å². The SMILES string of the molecule is CCC1(C)CCN(c2ccc(C(=O)O)o2)CC1. The van der Waals surface area contributed by atoms with E-state index in [0.717, 1.165) is 25.9 Å². The maximum absolute atomic E-state index is 10.7. The van der Waals surface area contributed by atoms with Crippen LogP contribution < -0.4 is 4.90 Å². The van der Waals surface area contributed by atoms with Gasteiger partial charge in [0.15, 0.2) is 5.88 Å². The first-order valence-electron chi connectivity index (χ1n) is 6.12. The Morgan fingerprint density at radius 1 is 1.47 bits per heavy atom. The van der Waals surface area contributed by atoms with Crippen molar-refractivity contribution < 1.29 is 14.3 Å². The van der Waals surface area contributed by atoms with E-state index in [-0.39, 0.29) is 5.76 Å². The van der Waals surface area contributed by atoms with E-state index < -0.39 is 5.97 Å². The zero-order chi connectivity index (χ0) is 12.5. The van der Waals surface area contributed by atoms with E-state index in [1.165, 1.54) is 12.5 Å². The topological polar surface area (TPSA) is 53.7 Å². The number of piperidine rings is 1. The van der Waals surface area contributed by atoms with Crippen molar-refractivity contribution in [2.24, 2.45) is 5.41 Å². The molecule has 1 aliphatic rings. The summed E-state index contributed by atoms with van der Waals surface area (Å²) in [6, 6.07) is 3.27. The van der Waals surface area contributed by atoms with Gasteiger partial charge in [0.2, 0.25) is 5.76 Å². The van der Waals surface area contributed by atoms with Gasteiger partial charge in [-0.3, -0.25) is 0 Å². The molecule has 1 fully saturated rings. The van der Waals surface area contributed by atoms with Crippen LogP contribution in [0.1, 0.15) is 43.7 Å². The molecule has 4 nitrogen and oxygen atoms in total. The van der Waals surface area contributed by atoms with Gasteiger partial charge in [-0.25, -0.2) is 4.79 Å². The van der Waals surface area contributed by atoms with Crippen molar-refractivity contribution in [3.63, 3.8) is 0 Å². The van der Waals surface area contributed by atoms with Crippen LogP contribution in [-0.2, 0) is 0 Å². The standard InChI is InChI=1S/C13H19NO3/c1-3-13(2)6-8-14(9-7-13)11-5-4-10(17-11)12(15)16/h4-5H,3,6-9H2,1-2H3,(H,15,16). The van der Waals surface area contributed by atoms with Crippen LogP contribution in [0.5, 0.6) is 0 Å². The predicted molar refractivity (Wildman–Crippen MR) is 65.5 cm³/mol. The molecule has 94 valence electrons. The monoisotopic (exact) mass is 237 g/mol. The molecular weight excluding hydrogens is 218 g/mol. The lowest BCUT2D eigenvalue weighted by Crippen LogP contribution is -2.38. The third-order valence-corrected chi connectivity index (χ3v) is 3.94. The lowest BCUT2D eigenvalue weighted by molar-refractivity contribution is 0.0662. The summed E-state index contributed by atoms with van der Waals surface area (Å²) < 4.78 is 5.31. The molecule has 1 aromatic heterocycles. The second-order valence-corrected chi connectivity index (χ2v) is 5.09. The van der Waals surface area contributed by atoms with E-state index >= 15 is 0 Å². The number of nitrogens with zero attached hydrogens (tertiary/aromatic N) is 1. The van der Waals surface area contributed by atoms with E-state index in [9.17, 15) is 4.79 Å². The fraction of sp³-hybridized carbons (Fsp3) is 0.615. The van der Waals surface area contributed by atoms with E-state index in [1.807, 2.05) is 0 Å². The first-order chi connectivity index (χ1) is 8.04. The maximum atomic E-state index is 10.7. The van der Waals surface area contributed by atoms with Crippen molar-refractivity contribution in [3.05, 3.63) is 17.9 Å². The first kappa shape index (κ1) is 12.0. The van der Waals surface area contributed by atoms with Gasteiger partial charge >= 0.3 is 5.97 Å². The lowest BCUT2D eigenvalue weighted by atomic mass is 9.78. The molecule has 0 radical (unpaired) electrons. The van der Waals surface area contributed by atoms with E-state index in [4.69, 9.17) is 9.52 Å². The number of hydrogen-bond acceptors (Lipinski definition) is 3. The molecule has 0 aliphatic carbocycles. The van der Waals surface area contributed by atoms with Crippen molar-refractivity contribution in [1.82, 2.24) is 0 Å². The minimum atomic E-state index is -1.01. The number of carbonyl (C=O) groups is 1. The number of carboxylic acids is 1. The van der Waals surface area contributed by atoms with Gasteiger partial charge in [0, 0.05) is 19.2 Å². The van der Waals surface area contributed by atoms with Gasteiger partial charge in [-0.05, 0) is 24.3 Å². The normalized spacial score (nSPS) is 19.3. The highest BCUT2D eigenvalue weighted by Gasteiger charge is 2.29. The predicted octanol–water partition coefficient (Wildman–Crippen LogP) is 2.99. The van der Waals surface area contributed by atoms with Gasteiger partial charge in [-0.15, -0.1) is 0 Å². The van der Waals surface area contributed by atoms with Crippen molar-refractivity contribution in [2.45, 2.75) is 33.1 Å². The van der Waals surface area contributed by atoms with Gasteiger partial charge in [0.25, 0.3) is 0 Å². The summed E-state index contributed by atoms with van der Waals surface area (Å²) in [4.78, 5) is 12.9. The maximum Gasteiger partial charge on any atom is 0.371 e. The molecule has 0 spiro atoms. The minimum Gasteiger partial charge on any atom is -0.475 e. The number of furan rings is 1. The van der Waals surface area contributed by atoms with Crippen molar-refractivity contribution in [1.29, 1.82) is 0 Å². The highest BCUT2D eigenvalue weighted by Crippen LogP contribution is 2.35. The van der Waals surface area contributed by atoms with Crippen molar-refractivity contribution in [2.75, 3.05) is 18.0 Å². The summed E-state index contributed by atoms with van der Waals surface area (Å²) in [7, 11) is 0. The fourth-order valence-electron chi connectivity index (χ4n) is 2.23. The average molecular weight is 237 g/mol. The van der Waals surface area contributed by atoms with Crippen LogP contribution in [0.3, 0.4) is 0 Å². The quantitative estimate of drug-likeness (QED) is 0.878. The summed E-state index contributed by atoms with van der Waals surface area (Å²) >= 11 is 0. The van der Waals surface area contributed by atoms with Crippen LogP contribution in [-0.4, -0.2) is 24.2 Å². The molecule has 1 aromatic rings. The van der Waals surface area contributed by atoms with Crippen LogP contribution in [0.2, 0.25) is 0 Å². The lowest BCUT2D eigenvalue weighted by Gasteiger charge is -2.38. The number of carboxylic acid groups (broad SMARTS) is 1. The molecule has 0 atom stereocenters. The Labute approximate surface area is 101 Å². The highest BCUT2D eigenvalue weighted by molar-refractivity contribution is 5.84. The molecule has 0 amide bonds. The summed E-state index contributed by atoms with van der Waals surface area (Å²) in [6.45, 7) is 6.42. The van der Waals surface area contributed by atoms with Gasteiger partial charge in [-0.1, -0.05) is 20.3 Å². The second-order valence-electron chi connectivity index (χ2n) is 5.09. The van der Waals surface area contributed by atoms with Crippen LogP contribution >= 0.6 is 0 Å². The zero-order valence-corrected chi connectivity index (χ0v) is 10.4. The smallest absolute Gasteiger partial charge is 0.371 e. The van der Waals surface area contributed by atoms with E-state index in [1.54, 1.807) is 6.07 Å². The Morgan fingerprint density at radius 2 is 2.12 bits per heavy atom. The minimum absolute atomic E-state index is 0.0174. The van der Waals surface area contributed by atoms with Gasteiger partial charge < -0.3 is 14.4 Å². The first-order valence-corrected chi connectivity index (χ1v) is 6.12. The molecule has 1 saturated heterocycles. The Bertz CT molecular complexity index is 403. The molecule has 4 heteroatoms. The van der Waals surface area contributed by atoms with Gasteiger partial charge in [0.05, 0.1) is 0 Å². The molecule has 17 heavy (non-hydrogen) atoms. The van der Waals surface area contributed by atoms with Crippen molar-refractivity contribution in [3.8, 4) is 0 Å². The summed E-state index contributed by atoms with van der Waals surface area (Å²) in [5.74, 6) is -0.309. The fourth-order valence-corrected chi connectivity index (χ4v) is 2.23. The van der Waals surface area contributed by atoms with Gasteiger partial charge in [0.1, 0.15) is 0 Å². The van der Waals surface area contributed by atoms with Crippen LogP contribution in [0, 0.1) is 5.41 Å². The molecule has 1 aliphatic heterocycles. The van der Waals surface area contributed by atoms with Crippen LogP contribution in [0.25, 0.3) is 0 Å². The summed E-state index contributed by atoms with van der Waals surface area (Å²) in [5.41, 5.74) is 0.429. The number of aromatic carboxylic acids is 1. The third kappa shape index (κ3) is 2.46. The van der Waals surface area contributed by atoms with Crippen LogP contribution in [0.4, 0.5) is 5.88 Å². The Balaban J connectivity index is 2.03. The summed E-state index contributed by atoms with van der Waals surface area (Å²) in [6.07, 6.45) is 3.46. The third-order valence-electron chi connectivity index (χ3n) is 3.94. The number of rotatable bonds is 3.